The molecule has 1 aliphatic rings. The van der Waals surface area contributed by atoms with Gasteiger partial charge in [-0.25, -0.2) is 0 Å². The molecule has 1 nitrogen and oxygen atoms in total. The third-order valence-electron chi connectivity index (χ3n) is 0.871. The average molecular weight is 151 g/mol. The van der Waals surface area contributed by atoms with Crippen LogP contribution >= 0.6 is 15.9 Å². The third kappa shape index (κ3) is 0.949. The SMILES string of the molecule is C[C@H](Br)[C@H]1CO1. The summed E-state index contributed by atoms with van der Waals surface area (Å²) in [5.41, 5.74) is 0. The molecule has 0 aromatic rings. The quantitative estimate of drug-likeness (QED) is 0.404. The Labute approximate surface area is 45.8 Å². The fraction of sp³-hybridized carbons (Fsp3) is 1.00. The van der Waals surface area contributed by atoms with Gasteiger partial charge in [-0.1, -0.05) is 22.9 Å². The van der Waals surface area contributed by atoms with Gasteiger partial charge in [0.1, 0.15) is 0 Å². The lowest BCUT2D eigenvalue weighted by atomic mass is 10.4. The summed E-state index contributed by atoms with van der Waals surface area (Å²) in [7, 11) is 0. The Kier molecular flexibility index (Phi) is 1.15. The number of ether oxygens (including phenoxy) is 1. The Hall–Kier alpha value is 0.440. The van der Waals surface area contributed by atoms with Gasteiger partial charge in [-0.3, -0.25) is 0 Å². The predicted octanol–water partition coefficient (Wildman–Crippen LogP) is 1.17. The van der Waals surface area contributed by atoms with Crippen molar-refractivity contribution in [1.29, 1.82) is 0 Å². The predicted molar refractivity (Wildman–Crippen MR) is 28.1 cm³/mol. The average Bonchev–Trinajstić information content (AvgIpc) is 2.06. The van der Waals surface area contributed by atoms with Crippen LogP contribution in [0.1, 0.15) is 6.92 Å². The zero-order valence-corrected chi connectivity index (χ0v) is 5.23. The fourth-order valence-electron chi connectivity index (χ4n) is 0.321. The standard InChI is InChI=1S/C4H7BrO/c1-3(5)4-2-6-4/h3-4H,2H2,1H3/t3-,4+/m0/s1. The molecule has 2 atom stereocenters. The van der Waals surface area contributed by atoms with Gasteiger partial charge in [-0.05, 0) is 0 Å². The van der Waals surface area contributed by atoms with Crippen molar-refractivity contribution in [1.82, 2.24) is 0 Å². The van der Waals surface area contributed by atoms with Gasteiger partial charge in [0.25, 0.3) is 0 Å². The summed E-state index contributed by atoms with van der Waals surface area (Å²) in [6, 6.07) is 0. The summed E-state index contributed by atoms with van der Waals surface area (Å²) in [4.78, 5) is 0.553. The zero-order valence-electron chi connectivity index (χ0n) is 3.65. The van der Waals surface area contributed by atoms with E-state index in [1.165, 1.54) is 0 Å². The van der Waals surface area contributed by atoms with Gasteiger partial charge < -0.3 is 4.74 Å². The third-order valence-corrected chi connectivity index (χ3v) is 1.46. The normalized spacial score (nSPS) is 36.0. The molecule has 0 amide bonds. The molecule has 1 heterocycles. The van der Waals surface area contributed by atoms with Crippen LogP contribution in [0.4, 0.5) is 0 Å². The molecule has 1 fully saturated rings. The van der Waals surface area contributed by atoms with Crippen LogP contribution in [0.3, 0.4) is 0 Å². The van der Waals surface area contributed by atoms with Crippen molar-refractivity contribution in [2.75, 3.05) is 6.61 Å². The van der Waals surface area contributed by atoms with Crippen LogP contribution in [0.15, 0.2) is 0 Å². The molecule has 0 aromatic heterocycles. The number of epoxide rings is 1. The minimum atomic E-state index is 0.519. The Morgan fingerprint density at radius 3 is 2.50 bits per heavy atom. The summed E-state index contributed by atoms with van der Waals surface area (Å²) < 4.78 is 4.92. The molecule has 0 spiro atoms. The van der Waals surface area contributed by atoms with Crippen LogP contribution in [0.25, 0.3) is 0 Å². The van der Waals surface area contributed by atoms with Gasteiger partial charge in [0.05, 0.1) is 12.7 Å². The Morgan fingerprint density at radius 1 is 2.00 bits per heavy atom. The summed E-state index contributed by atoms with van der Waals surface area (Å²) in [5, 5.41) is 0. The van der Waals surface area contributed by atoms with Gasteiger partial charge in [0, 0.05) is 4.83 Å². The highest BCUT2D eigenvalue weighted by atomic mass is 79.9. The molecule has 0 aromatic carbocycles. The largest absolute Gasteiger partial charge is 0.372 e. The lowest BCUT2D eigenvalue weighted by Gasteiger charge is -1.88. The molecule has 1 saturated heterocycles. The highest BCUT2D eigenvalue weighted by Gasteiger charge is 2.26. The maximum atomic E-state index is 4.92. The topological polar surface area (TPSA) is 12.5 Å². The first kappa shape index (κ1) is 4.60. The van der Waals surface area contributed by atoms with Crippen molar-refractivity contribution >= 4 is 15.9 Å². The lowest BCUT2D eigenvalue weighted by molar-refractivity contribution is 0.409. The summed E-state index contributed by atoms with van der Waals surface area (Å²) in [6.45, 7) is 3.05. The van der Waals surface area contributed by atoms with E-state index in [9.17, 15) is 0 Å². The van der Waals surface area contributed by atoms with Crippen LogP contribution in [0, 0.1) is 0 Å². The van der Waals surface area contributed by atoms with Gasteiger partial charge in [0.2, 0.25) is 0 Å². The number of hydrogen-bond donors (Lipinski definition) is 0. The first-order valence-electron chi connectivity index (χ1n) is 2.06. The van der Waals surface area contributed by atoms with Crippen LogP contribution in [-0.2, 0) is 4.74 Å². The van der Waals surface area contributed by atoms with Crippen molar-refractivity contribution in [3.8, 4) is 0 Å². The molecule has 0 unspecified atom stereocenters. The second kappa shape index (κ2) is 1.51. The van der Waals surface area contributed by atoms with E-state index in [2.05, 4.69) is 22.9 Å². The van der Waals surface area contributed by atoms with Crippen molar-refractivity contribution in [2.24, 2.45) is 0 Å². The van der Waals surface area contributed by atoms with Crippen molar-refractivity contribution < 1.29 is 4.74 Å². The molecule has 6 heavy (non-hydrogen) atoms. The van der Waals surface area contributed by atoms with E-state index in [4.69, 9.17) is 4.74 Å². The van der Waals surface area contributed by atoms with Crippen molar-refractivity contribution in [3.05, 3.63) is 0 Å². The lowest BCUT2D eigenvalue weighted by Crippen LogP contribution is -1.97. The monoisotopic (exact) mass is 150 g/mol. The first-order valence-corrected chi connectivity index (χ1v) is 2.98. The number of halogens is 1. The molecule has 0 saturated carbocycles. The van der Waals surface area contributed by atoms with Crippen LogP contribution < -0.4 is 0 Å². The Bertz CT molecular complexity index is 49.5. The molecule has 0 N–H and O–H groups in total. The van der Waals surface area contributed by atoms with E-state index in [0.29, 0.717) is 10.9 Å². The highest BCUT2D eigenvalue weighted by Crippen LogP contribution is 2.19. The highest BCUT2D eigenvalue weighted by molar-refractivity contribution is 9.09. The van der Waals surface area contributed by atoms with Gasteiger partial charge in [0.15, 0.2) is 0 Å². The molecule has 0 aliphatic carbocycles. The first-order chi connectivity index (χ1) is 2.80. The van der Waals surface area contributed by atoms with Crippen LogP contribution in [0.5, 0.6) is 0 Å². The summed E-state index contributed by atoms with van der Waals surface area (Å²) >= 11 is 3.38. The number of alkyl halides is 1. The smallest absolute Gasteiger partial charge is 0.0931 e. The Balaban J connectivity index is 2.13. The van der Waals surface area contributed by atoms with Gasteiger partial charge in [-0.2, -0.15) is 0 Å². The molecule has 2 heteroatoms. The molecule has 0 bridgehead atoms. The minimum absolute atomic E-state index is 0.519. The van der Waals surface area contributed by atoms with Gasteiger partial charge >= 0.3 is 0 Å². The minimum Gasteiger partial charge on any atom is -0.372 e. The second-order valence-corrected chi connectivity index (χ2v) is 2.99. The fourth-order valence-corrected chi connectivity index (χ4v) is 0.626. The summed E-state index contributed by atoms with van der Waals surface area (Å²) in [6.07, 6.45) is 0.519. The van der Waals surface area contributed by atoms with E-state index in [-0.39, 0.29) is 0 Å². The number of hydrogen-bond acceptors (Lipinski definition) is 1. The van der Waals surface area contributed by atoms with Gasteiger partial charge in [-0.15, -0.1) is 0 Å². The maximum absolute atomic E-state index is 4.92. The second-order valence-electron chi connectivity index (χ2n) is 1.55. The zero-order chi connectivity index (χ0) is 4.57. The van der Waals surface area contributed by atoms with Crippen LogP contribution in [-0.4, -0.2) is 17.5 Å². The molecular weight excluding hydrogens is 144 g/mol. The summed E-state index contributed by atoms with van der Waals surface area (Å²) in [5.74, 6) is 0. The van der Waals surface area contributed by atoms with Crippen molar-refractivity contribution in [3.63, 3.8) is 0 Å². The van der Waals surface area contributed by atoms with E-state index < -0.39 is 0 Å². The molecule has 1 aliphatic heterocycles. The van der Waals surface area contributed by atoms with E-state index in [0.717, 1.165) is 6.61 Å². The molecular formula is C4H7BrO. The maximum Gasteiger partial charge on any atom is 0.0931 e. The Morgan fingerprint density at radius 2 is 2.50 bits per heavy atom. The molecule has 0 radical (unpaired) electrons. The molecule has 1 rings (SSSR count). The van der Waals surface area contributed by atoms with E-state index >= 15 is 0 Å². The van der Waals surface area contributed by atoms with Crippen LogP contribution in [0.2, 0.25) is 0 Å². The van der Waals surface area contributed by atoms with E-state index in [1.54, 1.807) is 0 Å². The molecule has 36 valence electrons. The van der Waals surface area contributed by atoms with E-state index in [1.807, 2.05) is 0 Å². The number of rotatable bonds is 1. The van der Waals surface area contributed by atoms with Crippen molar-refractivity contribution in [2.45, 2.75) is 17.9 Å².